The number of halogens is 2. The Balaban J connectivity index is 1.21. The van der Waals surface area contributed by atoms with Crippen molar-refractivity contribution >= 4 is 17.4 Å². The summed E-state index contributed by atoms with van der Waals surface area (Å²) < 4.78 is 34.7. The summed E-state index contributed by atoms with van der Waals surface area (Å²) in [6, 6.07) is 2.78. The molecule has 1 spiro atoms. The zero-order chi connectivity index (χ0) is 25.7. The lowest BCUT2D eigenvalue weighted by molar-refractivity contribution is -0.128. The van der Waals surface area contributed by atoms with Crippen molar-refractivity contribution in [2.75, 3.05) is 62.2 Å². The zero-order valence-electron chi connectivity index (χ0n) is 21.7. The highest BCUT2D eigenvalue weighted by atomic mass is 19.3. The Morgan fingerprint density at radius 1 is 1.19 bits per heavy atom. The lowest BCUT2D eigenvalue weighted by Gasteiger charge is -2.55. The smallest absolute Gasteiger partial charge is 0.280 e. The van der Waals surface area contributed by atoms with Gasteiger partial charge in [-0.05, 0) is 50.7 Å². The molecule has 0 saturated carbocycles. The van der Waals surface area contributed by atoms with Crippen LogP contribution in [0, 0.1) is 0 Å². The van der Waals surface area contributed by atoms with Crippen LogP contribution in [0.15, 0.2) is 30.4 Å². The van der Waals surface area contributed by atoms with E-state index in [9.17, 15) is 13.6 Å². The third kappa shape index (κ3) is 4.24. The normalized spacial score (nSPS) is 27.5. The van der Waals surface area contributed by atoms with Crippen LogP contribution in [-0.4, -0.2) is 90.8 Å². The molecule has 5 aliphatic rings. The number of nitrogens with zero attached hydrogens (tertiary/aromatic N) is 5. The van der Waals surface area contributed by atoms with Gasteiger partial charge in [-0.1, -0.05) is 12.7 Å². The largest absolute Gasteiger partial charge is 0.366 e. The second kappa shape index (κ2) is 9.66. The standard InChI is InChI=1S/C28H37F2N5O2/c1-3-25(36)34-14-12-32(13-15-34)23-18-35-21(23)6-4-5-20-22(35)17-24(31-26(20)27(29)30)33-10-8-28(9-11-33)19(2)7-16-37-28/h3,7,17,21,23,27H,1,4-6,8-16,18H2,2H3. The Hall–Kier alpha value is -2.52. The number of hydrogen-bond donors (Lipinski definition) is 0. The van der Waals surface area contributed by atoms with Crippen molar-refractivity contribution in [1.29, 1.82) is 0 Å². The highest BCUT2D eigenvalue weighted by Crippen LogP contribution is 2.44. The molecule has 37 heavy (non-hydrogen) atoms. The van der Waals surface area contributed by atoms with Crippen molar-refractivity contribution in [3.8, 4) is 0 Å². The summed E-state index contributed by atoms with van der Waals surface area (Å²) in [5, 5.41) is 0. The number of ether oxygens (including phenoxy) is 1. The minimum absolute atomic E-state index is 0.00727. The number of pyridine rings is 1. The van der Waals surface area contributed by atoms with Gasteiger partial charge in [0.25, 0.3) is 6.43 Å². The third-order valence-electron chi connectivity index (χ3n) is 9.42. The molecule has 3 fully saturated rings. The van der Waals surface area contributed by atoms with Crippen LogP contribution in [0.25, 0.3) is 0 Å². The second-order valence-corrected chi connectivity index (χ2v) is 11.1. The Morgan fingerprint density at radius 2 is 1.95 bits per heavy atom. The molecule has 0 aromatic carbocycles. The van der Waals surface area contributed by atoms with E-state index in [4.69, 9.17) is 4.74 Å². The van der Waals surface area contributed by atoms with Gasteiger partial charge < -0.3 is 19.4 Å². The zero-order valence-corrected chi connectivity index (χ0v) is 21.7. The van der Waals surface area contributed by atoms with Crippen molar-refractivity contribution in [2.45, 2.75) is 63.1 Å². The number of amides is 1. The van der Waals surface area contributed by atoms with Gasteiger partial charge in [-0.25, -0.2) is 13.8 Å². The van der Waals surface area contributed by atoms with E-state index >= 15 is 0 Å². The van der Waals surface area contributed by atoms with Gasteiger partial charge in [-0.2, -0.15) is 0 Å². The number of piperidine rings is 1. The molecule has 0 aliphatic carbocycles. The summed E-state index contributed by atoms with van der Waals surface area (Å²) in [5.74, 6) is 0.663. The van der Waals surface area contributed by atoms with Crippen LogP contribution in [-0.2, 0) is 16.0 Å². The van der Waals surface area contributed by atoms with Crippen LogP contribution in [0.5, 0.6) is 0 Å². The molecule has 1 aromatic rings. The van der Waals surface area contributed by atoms with Gasteiger partial charge >= 0.3 is 0 Å². The number of piperazine rings is 1. The number of rotatable bonds is 4. The van der Waals surface area contributed by atoms with Crippen LogP contribution < -0.4 is 9.80 Å². The van der Waals surface area contributed by atoms with Gasteiger partial charge in [0, 0.05) is 75.2 Å². The molecule has 1 aromatic heterocycles. The van der Waals surface area contributed by atoms with Crippen molar-refractivity contribution in [2.24, 2.45) is 0 Å². The lowest BCUT2D eigenvalue weighted by Crippen LogP contribution is -2.69. The average Bonchev–Trinajstić information content (AvgIpc) is 3.18. The maximum atomic E-state index is 14.3. The van der Waals surface area contributed by atoms with E-state index in [-0.39, 0.29) is 17.2 Å². The summed E-state index contributed by atoms with van der Waals surface area (Å²) in [6.45, 7) is 11.8. The Morgan fingerprint density at radius 3 is 2.59 bits per heavy atom. The minimum atomic E-state index is -2.59. The first-order chi connectivity index (χ1) is 17.9. The van der Waals surface area contributed by atoms with Crippen LogP contribution in [0.3, 0.4) is 0 Å². The molecule has 200 valence electrons. The van der Waals surface area contributed by atoms with E-state index in [1.165, 1.54) is 11.6 Å². The molecule has 0 bridgehead atoms. The summed E-state index contributed by atoms with van der Waals surface area (Å²) in [6.07, 6.45) is 5.18. The van der Waals surface area contributed by atoms with Gasteiger partial charge in [0.15, 0.2) is 0 Å². The number of aromatic nitrogens is 1. The molecule has 7 nitrogen and oxygen atoms in total. The second-order valence-electron chi connectivity index (χ2n) is 11.1. The Labute approximate surface area is 217 Å². The maximum Gasteiger partial charge on any atom is 0.280 e. The fourth-order valence-corrected chi connectivity index (χ4v) is 7.08. The molecule has 2 atom stereocenters. The van der Waals surface area contributed by atoms with E-state index in [0.717, 1.165) is 69.7 Å². The monoisotopic (exact) mass is 513 g/mol. The van der Waals surface area contributed by atoms with Gasteiger partial charge in [-0.15, -0.1) is 0 Å². The van der Waals surface area contributed by atoms with Gasteiger partial charge in [0.2, 0.25) is 5.91 Å². The van der Waals surface area contributed by atoms with E-state index in [0.29, 0.717) is 44.0 Å². The molecule has 0 radical (unpaired) electrons. The predicted octanol–water partition coefficient (Wildman–Crippen LogP) is 3.56. The van der Waals surface area contributed by atoms with E-state index in [1.54, 1.807) is 0 Å². The number of carbonyl (C=O) groups excluding carboxylic acids is 1. The quantitative estimate of drug-likeness (QED) is 0.454. The maximum absolute atomic E-state index is 14.3. The van der Waals surface area contributed by atoms with Gasteiger partial charge in [0.1, 0.15) is 11.5 Å². The lowest BCUT2D eigenvalue weighted by atomic mass is 9.85. The summed E-state index contributed by atoms with van der Waals surface area (Å²) >= 11 is 0. The molecule has 3 saturated heterocycles. The first-order valence-electron chi connectivity index (χ1n) is 13.7. The van der Waals surface area contributed by atoms with Crippen molar-refractivity contribution in [3.05, 3.63) is 41.6 Å². The van der Waals surface area contributed by atoms with Gasteiger partial charge in [0.05, 0.1) is 12.2 Å². The minimum Gasteiger partial charge on any atom is -0.366 e. The van der Waals surface area contributed by atoms with Crippen LogP contribution in [0.2, 0.25) is 0 Å². The first-order valence-corrected chi connectivity index (χ1v) is 13.7. The van der Waals surface area contributed by atoms with E-state index in [2.05, 4.69) is 45.3 Å². The third-order valence-corrected chi connectivity index (χ3v) is 9.42. The van der Waals surface area contributed by atoms with Crippen molar-refractivity contribution in [3.63, 3.8) is 0 Å². The fourth-order valence-electron chi connectivity index (χ4n) is 7.08. The van der Waals surface area contributed by atoms with Gasteiger partial charge in [-0.3, -0.25) is 9.69 Å². The molecule has 6 rings (SSSR count). The van der Waals surface area contributed by atoms with E-state index in [1.807, 2.05) is 4.90 Å². The SMILES string of the molecule is C=CC(=O)N1CCN(C2CN3c4cc(N5CCC6(CC5)OCC=C6C)nc(C(F)F)c4CCCC23)CC1. The number of carbonyl (C=O) groups is 1. The number of hydrogen-bond acceptors (Lipinski definition) is 6. The molecule has 2 unspecified atom stereocenters. The molecular formula is C28H37F2N5O2. The Kier molecular flexibility index (Phi) is 6.47. The van der Waals surface area contributed by atoms with E-state index < -0.39 is 6.43 Å². The fraction of sp³-hybridized carbons (Fsp3) is 0.643. The molecule has 0 N–H and O–H groups in total. The molecule has 5 aliphatic heterocycles. The summed E-state index contributed by atoms with van der Waals surface area (Å²) in [5.41, 5.74) is 2.74. The average molecular weight is 514 g/mol. The molecule has 9 heteroatoms. The first kappa shape index (κ1) is 24.8. The number of alkyl halides is 2. The molecule has 1 amide bonds. The van der Waals surface area contributed by atoms with Crippen LogP contribution >= 0.6 is 0 Å². The van der Waals surface area contributed by atoms with Crippen LogP contribution in [0.1, 0.15) is 50.3 Å². The highest BCUT2D eigenvalue weighted by Gasteiger charge is 2.46. The van der Waals surface area contributed by atoms with Crippen molar-refractivity contribution in [1.82, 2.24) is 14.8 Å². The van der Waals surface area contributed by atoms with Crippen molar-refractivity contribution < 1.29 is 18.3 Å². The summed E-state index contributed by atoms with van der Waals surface area (Å²) in [4.78, 5) is 25.4. The molecular weight excluding hydrogens is 476 g/mol. The molecule has 6 heterocycles. The topological polar surface area (TPSA) is 52.2 Å². The number of anilines is 2. The Bertz CT molecular complexity index is 1090. The van der Waals surface area contributed by atoms with Crippen LogP contribution in [0.4, 0.5) is 20.3 Å². The predicted molar refractivity (Wildman–Crippen MR) is 139 cm³/mol. The number of fused-ring (bicyclic) bond motifs is 3. The highest BCUT2D eigenvalue weighted by molar-refractivity contribution is 5.87. The summed E-state index contributed by atoms with van der Waals surface area (Å²) in [7, 11) is 0.